The lowest BCUT2D eigenvalue weighted by atomic mass is 10.7. The van der Waals surface area contributed by atoms with E-state index in [9.17, 15) is 0 Å². The first-order chi connectivity index (χ1) is 3.43. The number of rotatable bonds is 1. The van der Waals surface area contributed by atoms with Gasteiger partial charge < -0.3 is 0 Å². The van der Waals surface area contributed by atoms with E-state index in [4.69, 9.17) is 0 Å². The highest BCUT2D eigenvalue weighted by molar-refractivity contribution is 8.04. The van der Waals surface area contributed by atoms with Crippen LogP contribution in [0.15, 0.2) is 0 Å². The van der Waals surface area contributed by atoms with Crippen LogP contribution in [0.5, 0.6) is 0 Å². The fraction of sp³-hybridized carbons (Fsp3) is 0.500. The van der Waals surface area contributed by atoms with Crippen LogP contribution in [-0.4, -0.2) is 17.7 Å². The maximum atomic E-state index is 4.67. The first kappa shape index (κ1) is 5.54. The van der Waals surface area contributed by atoms with Crippen molar-refractivity contribution >= 4 is 29.3 Å². The highest BCUT2D eigenvalue weighted by Crippen LogP contribution is 2.18. The topological polar surface area (TPSA) is 12.0 Å². The van der Waals surface area contributed by atoms with E-state index in [0.717, 1.165) is 11.9 Å². The SMILES string of the molecule is S=C[C]1NCCS1. The van der Waals surface area contributed by atoms with Gasteiger partial charge in [0.2, 0.25) is 0 Å². The molecule has 1 nitrogen and oxygen atoms in total. The molecule has 1 rings (SSSR count). The van der Waals surface area contributed by atoms with E-state index in [1.54, 1.807) is 17.1 Å². The second-order valence-electron chi connectivity index (χ2n) is 1.26. The highest BCUT2D eigenvalue weighted by atomic mass is 32.2. The summed E-state index contributed by atoms with van der Waals surface area (Å²) in [5.74, 6) is 1.17. The molecule has 0 aliphatic carbocycles. The molecule has 0 amide bonds. The van der Waals surface area contributed by atoms with E-state index < -0.39 is 0 Å². The molecule has 39 valence electrons. The van der Waals surface area contributed by atoms with Crippen molar-refractivity contribution < 1.29 is 0 Å². The number of hydrogen-bond donors (Lipinski definition) is 1. The summed E-state index contributed by atoms with van der Waals surface area (Å²) in [6, 6.07) is 0. The molecule has 0 aromatic carbocycles. The van der Waals surface area contributed by atoms with Crippen LogP contribution in [0.25, 0.3) is 0 Å². The summed E-state index contributed by atoms with van der Waals surface area (Å²) in [5, 5.41) is 5.97. The molecular formula is C4H6NS2. The number of thioether (sulfide) groups is 1. The van der Waals surface area contributed by atoms with E-state index in [2.05, 4.69) is 17.5 Å². The van der Waals surface area contributed by atoms with Crippen LogP contribution in [0.4, 0.5) is 0 Å². The van der Waals surface area contributed by atoms with Crippen LogP contribution in [0.3, 0.4) is 0 Å². The number of hydrogen-bond acceptors (Lipinski definition) is 3. The molecule has 1 radical (unpaired) electrons. The van der Waals surface area contributed by atoms with Crippen molar-refractivity contribution in [2.75, 3.05) is 12.3 Å². The average Bonchev–Trinajstić information content (AvgIpc) is 2.14. The summed E-state index contributed by atoms with van der Waals surface area (Å²) in [5.41, 5.74) is 0. The fourth-order valence-electron chi connectivity index (χ4n) is 0.462. The third-order valence-electron chi connectivity index (χ3n) is 0.766. The van der Waals surface area contributed by atoms with Crippen LogP contribution in [0.1, 0.15) is 0 Å². The average molecular weight is 132 g/mol. The van der Waals surface area contributed by atoms with Gasteiger partial charge in [-0.05, 0) is 0 Å². The Hall–Kier alpha value is 0.400. The second kappa shape index (κ2) is 2.64. The van der Waals surface area contributed by atoms with Crippen molar-refractivity contribution in [1.82, 2.24) is 5.32 Å². The maximum absolute atomic E-state index is 4.67. The highest BCUT2D eigenvalue weighted by Gasteiger charge is 2.10. The Labute approximate surface area is 52.9 Å². The molecule has 0 aromatic rings. The molecule has 0 aromatic heterocycles. The third-order valence-corrected chi connectivity index (χ3v) is 2.13. The zero-order valence-electron chi connectivity index (χ0n) is 3.81. The molecule has 1 N–H and O–H groups in total. The first-order valence-corrected chi connectivity index (χ1v) is 3.58. The lowest BCUT2D eigenvalue weighted by Gasteiger charge is -1.93. The summed E-state index contributed by atoms with van der Waals surface area (Å²) in [4.78, 5) is 0. The lowest BCUT2D eigenvalue weighted by Crippen LogP contribution is -2.11. The van der Waals surface area contributed by atoms with Gasteiger partial charge in [-0.15, -0.1) is 11.8 Å². The smallest absolute Gasteiger partial charge is 0.126 e. The second-order valence-corrected chi connectivity index (χ2v) is 2.63. The van der Waals surface area contributed by atoms with Crippen LogP contribution in [0.2, 0.25) is 0 Å². The quantitative estimate of drug-likeness (QED) is 0.530. The van der Waals surface area contributed by atoms with Gasteiger partial charge in [0, 0.05) is 17.7 Å². The number of thiocarbonyl (C=S) groups is 1. The molecular weight excluding hydrogens is 126 g/mol. The molecule has 1 aliphatic heterocycles. The molecule has 1 saturated heterocycles. The largest absolute Gasteiger partial charge is 0.295 e. The van der Waals surface area contributed by atoms with Gasteiger partial charge in [-0.3, -0.25) is 5.32 Å². The van der Waals surface area contributed by atoms with Crippen molar-refractivity contribution in [1.29, 1.82) is 0 Å². The molecule has 0 saturated carbocycles. The normalized spacial score (nSPS) is 22.9. The standard InChI is InChI=1S/C4H6NS2/c6-3-4-5-1-2-7-4/h3,5H,1-2H2. The predicted octanol–water partition coefficient (Wildman–Crippen LogP) is 0.812. The molecule has 7 heavy (non-hydrogen) atoms. The summed E-state index contributed by atoms with van der Waals surface area (Å²) >= 11 is 6.45. The van der Waals surface area contributed by atoms with Crippen LogP contribution in [-0.2, 0) is 0 Å². The summed E-state index contributed by atoms with van der Waals surface area (Å²) in [7, 11) is 0. The van der Waals surface area contributed by atoms with Crippen molar-refractivity contribution in [2.24, 2.45) is 0 Å². The fourth-order valence-corrected chi connectivity index (χ4v) is 1.45. The molecule has 0 bridgehead atoms. The van der Waals surface area contributed by atoms with Crippen LogP contribution < -0.4 is 5.32 Å². The van der Waals surface area contributed by atoms with Crippen molar-refractivity contribution in [3.8, 4) is 0 Å². The predicted molar refractivity (Wildman–Crippen MR) is 37.4 cm³/mol. The van der Waals surface area contributed by atoms with E-state index >= 15 is 0 Å². The van der Waals surface area contributed by atoms with Crippen LogP contribution in [0, 0.1) is 5.37 Å². The Bertz CT molecular complexity index is 68.1. The molecule has 0 atom stereocenters. The van der Waals surface area contributed by atoms with Gasteiger partial charge in [0.05, 0.1) is 0 Å². The molecule has 1 heterocycles. The summed E-state index contributed by atoms with van der Waals surface area (Å²) in [6.45, 7) is 1.08. The molecule has 1 aliphatic rings. The van der Waals surface area contributed by atoms with Gasteiger partial charge in [0.1, 0.15) is 5.37 Å². The van der Waals surface area contributed by atoms with E-state index in [1.807, 2.05) is 0 Å². The molecule has 0 unspecified atom stereocenters. The Morgan fingerprint density at radius 1 is 1.86 bits per heavy atom. The van der Waals surface area contributed by atoms with Gasteiger partial charge >= 0.3 is 0 Å². The van der Waals surface area contributed by atoms with E-state index in [0.29, 0.717) is 0 Å². The Balaban J connectivity index is 2.26. The minimum atomic E-state index is 1.08. The Morgan fingerprint density at radius 2 is 2.71 bits per heavy atom. The molecule has 0 spiro atoms. The van der Waals surface area contributed by atoms with Crippen molar-refractivity contribution in [3.05, 3.63) is 5.37 Å². The van der Waals surface area contributed by atoms with Gasteiger partial charge in [-0.25, -0.2) is 0 Å². The summed E-state index contributed by atoms with van der Waals surface area (Å²) < 4.78 is 0. The van der Waals surface area contributed by atoms with Gasteiger partial charge in [-0.1, -0.05) is 12.2 Å². The Kier molecular flexibility index (Phi) is 2.09. The van der Waals surface area contributed by atoms with E-state index in [-0.39, 0.29) is 0 Å². The minimum absolute atomic E-state index is 1.08. The summed E-state index contributed by atoms with van der Waals surface area (Å²) in [6.07, 6.45) is 0. The van der Waals surface area contributed by atoms with Gasteiger partial charge in [0.25, 0.3) is 0 Å². The lowest BCUT2D eigenvalue weighted by molar-refractivity contribution is 0.917. The number of nitrogens with one attached hydrogen (secondary N) is 1. The zero-order chi connectivity index (χ0) is 5.11. The van der Waals surface area contributed by atoms with Crippen molar-refractivity contribution in [3.63, 3.8) is 0 Å². The monoisotopic (exact) mass is 132 g/mol. The van der Waals surface area contributed by atoms with Gasteiger partial charge in [-0.2, -0.15) is 0 Å². The maximum Gasteiger partial charge on any atom is 0.126 e. The van der Waals surface area contributed by atoms with E-state index in [1.165, 1.54) is 5.75 Å². The molecule has 3 heteroatoms. The first-order valence-electron chi connectivity index (χ1n) is 2.12. The minimum Gasteiger partial charge on any atom is -0.295 e. The third kappa shape index (κ3) is 1.40. The molecule has 1 fully saturated rings. The van der Waals surface area contributed by atoms with Crippen LogP contribution >= 0.6 is 24.0 Å². The Morgan fingerprint density at radius 3 is 3.00 bits per heavy atom. The van der Waals surface area contributed by atoms with Gasteiger partial charge in [0.15, 0.2) is 0 Å². The zero-order valence-corrected chi connectivity index (χ0v) is 5.44. The van der Waals surface area contributed by atoms with Crippen molar-refractivity contribution in [2.45, 2.75) is 0 Å².